The van der Waals surface area contributed by atoms with E-state index in [0.717, 1.165) is 18.7 Å². The lowest BCUT2D eigenvalue weighted by Gasteiger charge is -2.35. The standard InChI is InChI=1S/C21H27FN4O3/c1-14(15-4-6-17(29-3)7-5-15)26(21(27)28)16-12-18(23)20(22)19(13-16)25-10-8-24(2)9-11-25/h4-7,12-14H,8-11,23H2,1-3H3,(H,27,28). The summed E-state index contributed by atoms with van der Waals surface area (Å²) in [5.41, 5.74) is 7.32. The number of carboxylic acid groups (broad SMARTS) is 1. The number of hydrogen-bond acceptors (Lipinski definition) is 5. The van der Waals surface area contributed by atoms with Gasteiger partial charge in [-0.1, -0.05) is 12.1 Å². The Morgan fingerprint density at radius 1 is 1.21 bits per heavy atom. The Balaban J connectivity index is 1.97. The Bertz CT molecular complexity index is 867. The molecule has 2 aromatic rings. The second-order valence-electron chi connectivity index (χ2n) is 7.26. The SMILES string of the molecule is COc1ccc(C(C)N(C(=O)O)c2cc(N)c(F)c(N3CCN(C)CC3)c2)cc1. The highest BCUT2D eigenvalue weighted by atomic mass is 19.1. The van der Waals surface area contributed by atoms with Gasteiger partial charge in [-0.05, 0) is 43.8 Å². The maximum absolute atomic E-state index is 14.8. The van der Waals surface area contributed by atoms with Gasteiger partial charge < -0.3 is 25.4 Å². The van der Waals surface area contributed by atoms with Crippen LogP contribution in [0.3, 0.4) is 0 Å². The van der Waals surface area contributed by atoms with Crippen molar-refractivity contribution in [2.75, 3.05) is 55.9 Å². The fraction of sp³-hybridized carbons (Fsp3) is 0.381. The molecule has 2 aromatic carbocycles. The zero-order valence-electron chi connectivity index (χ0n) is 16.9. The summed E-state index contributed by atoms with van der Waals surface area (Å²) in [7, 11) is 3.59. The molecule has 0 radical (unpaired) electrons. The Hall–Kier alpha value is -3.00. The van der Waals surface area contributed by atoms with Crippen LogP contribution >= 0.6 is 0 Å². The van der Waals surface area contributed by atoms with Crippen LogP contribution < -0.4 is 20.3 Å². The van der Waals surface area contributed by atoms with Gasteiger partial charge in [0, 0.05) is 26.2 Å². The highest BCUT2D eigenvalue weighted by Gasteiger charge is 2.27. The molecule has 0 spiro atoms. The Kier molecular flexibility index (Phi) is 6.12. The van der Waals surface area contributed by atoms with Gasteiger partial charge >= 0.3 is 6.09 Å². The molecule has 1 fully saturated rings. The van der Waals surface area contributed by atoms with Gasteiger partial charge in [0.2, 0.25) is 0 Å². The predicted molar refractivity (Wildman–Crippen MR) is 112 cm³/mol. The number of likely N-dealkylation sites (N-methyl/N-ethyl adjacent to an activating group) is 1. The van der Waals surface area contributed by atoms with Crippen molar-refractivity contribution in [3.8, 4) is 5.75 Å². The van der Waals surface area contributed by atoms with Gasteiger partial charge in [0.25, 0.3) is 0 Å². The average Bonchev–Trinajstić information content (AvgIpc) is 2.71. The molecule has 1 heterocycles. The molecule has 0 aliphatic carbocycles. The summed E-state index contributed by atoms with van der Waals surface area (Å²) < 4.78 is 19.9. The first-order chi connectivity index (χ1) is 13.8. The van der Waals surface area contributed by atoms with E-state index in [4.69, 9.17) is 10.5 Å². The smallest absolute Gasteiger partial charge is 0.412 e. The molecule has 0 saturated carbocycles. The molecule has 3 N–H and O–H groups in total. The second kappa shape index (κ2) is 8.57. The van der Waals surface area contributed by atoms with E-state index in [9.17, 15) is 14.3 Å². The van der Waals surface area contributed by atoms with Gasteiger partial charge in [-0.2, -0.15) is 0 Å². The van der Waals surface area contributed by atoms with Crippen LogP contribution in [0.4, 0.5) is 26.2 Å². The molecule has 3 rings (SSSR count). The van der Waals surface area contributed by atoms with Gasteiger partial charge in [-0.25, -0.2) is 9.18 Å². The van der Waals surface area contributed by atoms with Gasteiger partial charge in [-0.15, -0.1) is 0 Å². The minimum atomic E-state index is -1.14. The summed E-state index contributed by atoms with van der Waals surface area (Å²) >= 11 is 0. The molecule has 1 amide bonds. The number of ether oxygens (including phenoxy) is 1. The average molecular weight is 402 g/mol. The van der Waals surface area contributed by atoms with Crippen LogP contribution in [0.25, 0.3) is 0 Å². The largest absolute Gasteiger partial charge is 0.497 e. The van der Waals surface area contributed by atoms with Crippen LogP contribution in [0.1, 0.15) is 18.5 Å². The molecule has 1 atom stereocenters. The van der Waals surface area contributed by atoms with Crippen molar-refractivity contribution in [3.63, 3.8) is 0 Å². The number of amides is 1. The topological polar surface area (TPSA) is 82.3 Å². The first kappa shape index (κ1) is 20.7. The first-order valence-corrected chi connectivity index (χ1v) is 9.50. The van der Waals surface area contributed by atoms with E-state index in [1.165, 1.54) is 11.0 Å². The van der Waals surface area contributed by atoms with E-state index < -0.39 is 18.0 Å². The fourth-order valence-electron chi connectivity index (χ4n) is 3.56. The molecular weight excluding hydrogens is 375 g/mol. The maximum atomic E-state index is 14.8. The van der Waals surface area contributed by atoms with E-state index in [1.807, 2.05) is 24.1 Å². The molecule has 0 aromatic heterocycles. The van der Waals surface area contributed by atoms with Crippen LogP contribution in [0, 0.1) is 5.82 Å². The van der Waals surface area contributed by atoms with Crippen LogP contribution in [0.15, 0.2) is 36.4 Å². The lowest BCUT2D eigenvalue weighted by atomic mass is 10.1. The van der Waals surface area contributed by atoms with Crippen LogP contribution in [0.2, 0.25) is 0 Å². The molecule has 1 aliphatic heterocycles. The zero-order valence-corrected chi connectivity index (χ0v) is 16.9. The molecule has 1 unspecified atom stereocenters. The third kappa shape index (κ3) is 4.37. The number of carbonyl (C=O) groups is 1. The number of methoxy groups -OCH3 is 1. The molecular formula is C21H27FN4O3. The molecule has 7 nitrogen and oxygen atoms in total. The van der Waals surface area contributed by atoms with E-state index in [0.29, 0.717) is 30.2 Å². The van der Waals surface area contributed by atoms with Crippen molar-refractivity contribution in [1.29, 1.82) is 0 Å². The fourth-order valence-corrected chi connectivity index (χ4v) is 3.56. The minimum Gasteiger partial charge on any atom is -0.497 e. The third-order valence-corrected chi connectivity index (χ3v) is 5.38. The summed E-state index contributed by atoms with van der Waals surface area (Å²) in [6, 6.07) is 9.64. The van der Waals surface area contributed by atoms with Crippen molar-refractivity contribution < 1.29 is 19.0 Å². The number of rotatable bonds is 5. The number of hydrogen-bond donors (Lipinski definition) is 2. The highest BCUT2D eigenvalue weighted by molar-refractivity contribution is 5.89. The minimum absolute atomic E-state index is 0.0652. The summed E-state index contributed by atoms with van der Waals surface area (Å²) in [4.78, 5) is 17.4. The summed E-state index contributed by atoms with van der Waals surface area (Å²) in [6.45, 7) is 4.68. The van der Waals surface area contributed by atoms with Crippen LogP contribution in [-0.2, 0) is 0 Å². The zero-order chi connectivity index (χ0) is 21.1. The van der Waals surface area contributed by atoms with Gasteiger partial charge in [0.05, 0.1) is 30.2 Å². The summed E-state index contributed by atoms with van der Waals surface area (Å²) in [5.74, 6) is 0.173. The Morgan fingerprint density at radius 2 is 1.83 bits per heavy atom. The van der Waals surface area contributed by atoms with Crippen molar-refractivity contribution in [3.05, 3.63) is 47.8 Å². The number of halogens is 1. The third-order valence-electron chi connectivity index (χ3n) is 5.38. The van der Waals surface area contributed by atoms with Gasteiger partial charge in [0.15, 0.2) is 5.82 Å². The quantitative estimate of drug-likeness (QED) is 0.746. The van der Waals surface area contributed by atoms with E-state index in [1.54, 1.807) is 32.2 Å². The molecule has 1 aliphatic rings. The van der Waals surface area contributed by atoms with Crippen molar-refractivity contribution in [2.45, 2.75) is 13.0 Å². The van der Waals surface area contributed by atoms with Crippen LogP contribution in [-0.4, -0.2) is 56.4 Å². The van der Waals surface area contributed by atoms with Crippen molar-refractivity contribution >= 4 is 23.2 Å². The number of piperazine rings is 1. The van der Waals surface area contributed by atoms with E-state index >= 15 is 0 Å². The van der Waals surface area contributed by atoms with Crippen LogP contribution in [0.5, 0.6) is 5.75 Å². The summed E-state index contributed by atoms with van der Waals surface area (Å²) in [6.07, 6.45) is -1.14. The lowest BCUT2D eigenvalue weighted by Crippen LogP contribution is -2.45. The normalized spacial score (nSPS) is 15.8. The predicted octanol–water partition coefficient (Wildman–Crippen LogP) is 3.41. The number of nitrogens with zero attached hydrogens (tertiary/aromatic N) is 3. The number of nitrogen functional groups attached to an aromatic ring is 1. The number of nitrogens with two attached hydrogens (primary N) is 1. The lowest BCUT2D eigenvalue weighted by molar-refractivity contribution is 0.199. The van der Waals surface area contributed by atoms with Gasteiger partial charge in [-0.3, -0.25) is 4.90 Å². The maximum Gasteiger partial charge on any atom is 0.412 e. The molecule has 156 valence electrons. The number of anilines is 3. The van der Waals surface area contributed by atoms with Crippen molar-refractivity contribution in [2.24, 2.45) is 0 Å². The van der Waals surface area contributed by atoms with E-state index in [2.05, 4.69) is 4.90 Å². The van der Waals surface area contributed by atoms with Gasteiger partial charge in [0.1, 0.15) is 5.75 Å². The number of benzene rings is 2. The summed E-state index contributed by atoms with van der Waals surface area (Å²) in [5, 5.41) is 9.90. The van der Waals surface area contributed by atoms with E-state index in [-0.39, 0.29) is 5.69 Å². The molecule has 29 heavy (non-hydrogen) atoms. The molecule has 8 heteroatoms. The first-order valence-electron chi connectivity index (χ1n) is 9.50. The highest BCUT2D eigenvalue weighted by Crippen LogP contribution is 2.35. The molecule has 0 bridgehead atoms. The Morgan fingerprint density at radius 3 is 2.38 bits per heavy atom. The monoisotopic (exact) mass is 402 g/mol. The van der Waals surface area contributed by atoms with Crippen molar-refractivity contribution in [1.82, 2.24) is 4.90 Å². The molecule has 1 saturated heterocycles. The Labute approximate surface area is 170 Å². The second-order valence-corrected chi connectivity index (χ2v) is 7.26.